The lowest BCUT2D eigenvalue weighted by molar-refractivity contribution is 0.190. The smallest absolute Gasteiger partial charge is 0.124 e. The Hall–Kier alpha value is -1.60. The number of benzene rings is 1. The Morgan fingerprint density at radius 2 is 2.33 bits per heavy atom. The van der Waals surface area contributed by atoms with Gasteiger partial charge >= 0.3 is 0 Å². The van der Waals surface area contributed by atoms with Crippen molar-refractivity contribution in [2.75, 3.05) is 19.0 Å². The Bertz CT molecular complexity index is 373. The topological polar surface area (TPSA) is 45.0 Å². The van der Waals surface area contributed by atoms with Crippen LogP contribution >= 0.6 is 0 Å². The van der Waals surface area contributed by atoms with Crippen molar-refractivity contribution in [1.29, 1.82) is 5.26 Å². The van der Waals surface area contributed by atoms with E-state index in [0.29, 0.717) is 17.9 Å². The summed E-state index contributed by atoms with van der Waals surface area (Å²) in [5.41, 5.74) is 0.932. The number of anilines is 1. The van der Waals surface area contributed by atoms with Gasteiger partial charge in [0, 0.05) is 13.2 Å². The largest absolute Gasteiger partial charge is 0.383 e. The van der Waals surface area contributed by atoms with Gasteiger partial charge in [0.1, 0.15) is 11.9 Å². The fourth-order valence-corrected chi connectivity index (χ4v) is 1.29. The Kier molecular flexibility index (Phi) is 4.07. The van der Waals surface area contributed by atoms with Gasteiger partial charge in [0.15, 0.2) is 0 Å². The standard InChI is InChI=1S/C11H13FN2O/c1-8(7-15-2)14-11-4-3-10(12)5-9(11)6-13/h3-5,8,14H,7H2,1-2H3/t8-/m0/s1. The third-order valence-corrected chi connectivity index (χ3v) is 1.92. The predicted octanol–water partition coefficient (Wildman–Crippen LogP) is 2.14. The molecule has 3 nitrogen and oxygen atoms in total. The molecule has 0 amide bonds. The number of nitriles is 1. The van der Waals surface area contributed by atoms with Crippen molar-refractivity contribution in [2.45, 2.75) is 13.0 Å². The van der Waals surface area contributed by atoms with Crippen LogP contribution in [0.2, 0.25) is 0 Å². The van der Waals surface area contributed by atoms with Gasteiger partial charge in [0.05, 0.1) is 17.9 Å². The molecule has 0 aliphatic carbocycles. The summed E-state index contributed by atoms with van der Waals surface area (Å²) in [7, 11) is 1.61. The first-order valence-electron chi connectivity index (χ1n) is 4.62. The van der Waals surface area contributed by atoms with Crippen molar-refractivity contribution in [3.63, 3.8) is 0 Å². The van der Waals surface area contributed by atoms with Gasteiger partial charge in [-0.05, 0) is 25.1 Å². The van der Waals surface area contributed by atoms with Crippen molar-refractivity contribution in [2.24, 2.45) is 0 Å². The van der Waals surface area contributed by atoms with Gasteiger partial charge in [0.2, 0.25) is 0 Å². The molecule has 0 spiro atoms. The Morgan fingerprint density at radius 1 is 1.60 bits per heavy atom. The van der Waals surface area contributed by atoms with Gasteiger partial charge < -0.3 is 10.1 Å². The number of rotatable bonds is 4. The summed E-state index contributed by atoms with van der Waals surface area (Å²) in [4.78, 5) is 0. The quantitative estimate of drug-likeness (QED) is 0.824. The molecule has 1 aromatic carbocycles. The minimum Gasteiger partial charge on any atom is -0.383 e. The van der Waals surface area contributed by atoms with Gasteiger partial charge in [-0.3, -0.25) is 0 Å². The molecule has 0 heterocycles. The second kappa shape index (κ2) is 5.32. The van der Waals surface area contributed by atoms with Crippen molar-refractivity contribution in [3.05, 3.63) is 29.6 Å². The number of nitrogens with one attached hydrogen (secondary N) is 1. The van der Waals surface area contributed by atoms with Crippen LogP contribution in [0.15, 0.2) is 18.2 Å². The second-order valence-corrected chi connectivity index (χ2v) is 3.30. The van der Waals surface area contributed by atoms with E-state index >= 15 is 0 Å². The highest BCUT2D eigenvalue weighted by atomic mass is 19.1. The zero-order valence-electron chi connectivity index (χ0n) is 8.75. The van der Waals surface area contributed by atoms with Gasteiger partial charge in [-0.15, -0.1) is 0 Å². The number of nitrogens with zero attached hydrogens (tertiary/aromatic N) is 1. The number of hydrogen-bond acceptors (Lipinski definition) is 3. The van der Waals surface area contributed by atoms with Crippen molar-refractivity contribution in [1.82, 2.24) is 0 Å². The fraction of sp³-hybridized carbons (Fsp3) is 0.364. The monoisotopic (exact) mass is 208 g/mol. The normalized spacial score (nSPS) is 11.9. The van der Waals surface area contributed by atoms with E-state index in [-0.39, 0.29) is 6.04 Å². The molecule has 1 aromatic rings. The summed E-state index contributed by atoms with van der Waals surface area (Å²) in [5.74, 6) is -0.406. The van der Waals surface area contributed by atoms with Crippen LogP contribution in [-0.2, 0) is 4.74 Å². The Balaban J connectivity index is 2.81. The Morgan fingerprint density at radius 3 is 2.93 bits per heavy atom. The number of hydrogen-bond donors (Lipinski definition) is 1. The number of ether oxygens (including phenoxy) is 1. The lowest BCUT2D eigenvalue weighted by atomic mass is 10.1. The molecule has 0 aromatic heterocycles. The minimum atomic E-state index is -0.406. The van der Waals surface area contributed by atoms with Crippen LogP contribution in [0.3, 0.4) is 0 Å². The van der Waals surface area contributed by atoms with Crippen LogP contribution in [0.4, 0.5) is 10.1 Å². The Labute approximate surface area is 88.5 Å². The van der Waals surface area contributed by atoms with Crippen LogP contribution < -0.4 is 5.32 Å². The first-order chi connectivity index (χ1) is 7.17. The molecular weight excluding hydrogens is 195 g/mol. The summed E-state index contributed by atoms with van der Waals surface area (Å²) < 4.78 is 17.8. The zero-order valence-corrected chi connectivity index (χ0v) is 8.75. The molecule has 80 valence electrons. The van der Waals surface area contributed by atoms with E-state index in [1.54, 1.807) is 13.2 Å². The summed E-state index contributed by atoms with van der Waals surface area (Å²) in [6.45, 7) is 2.45. The van der Waals surface area contributed by atoms with E-state index in [1.807, 2.05) is 13.0 Å². The lowest BCUT2D eigenvalue weighted by Crippen LogP contribution is -2.21. The maximum Gasteiger partial charge on any atom is 0.124 e. The number of methoxy groups -OCH3 is 1. The van der Waals surface area contributed by atoms with Crippen LogP contribution in [0.1, 0.15) is 12.5 Å². The summed E-state index contributed by atoms with van der Waals surface area (Å²) >= 11 is 0. The maximum absolute atomic E-state index is 12.8. The van der Waals surface area contributed by atoms with Gasteiger partial charge in [-0.1, -0.05) is 0 Å². The average Bonchev–Trinajstić information content (AvgIpc) is 2.21. The van der Waals surface area contributed by atoms with E-state index in [0.717, 1.165) is 0 Å². The molecule has 4 heteroatoms. The molecule has 0 fully saturated rings. The average molecular weight is 208 g/mol. The van der Waals surface area contributed by atoms with Crippen LogP contribution in [0.25, 0.3) is 0 Å². The molecule has 1 rings (SSSR count). The van der Waals surface area contributed by atoms with Crippen molar-refractivity contribution in [3.8, 4) is 6.07 Å². The van der Waals surface area contributed by atoms with Crippen LogP contribution in [0, 0.1) is 17.1 Å². The van der Waals surface area contributed by atoms with E-state index in [2.05, 4.69) is 5.32 Å². The van der Waals surface area contributed by atoms with E-state index in [9.17, 15) is 4.39 Å². The predicted molar refractivity (Wildman–Crippen MR) is 56.1 cm³/mol. The highest BCUT2D eigenvalue weighted by molar-refractivity contribution is 5.57. The van der Waals surface area contributed by atoms with E-state index in [4.69, 9.17) is 10.00 Å². The molecule has 15 heavy (non-hydrogen) atoms. The zero-order chi connectivity index (χ0) is 11.3. The van der Waals surface area contributed by atoms with Crippen molar-refractivity contribution < 1.29 is 9.13 Å². The van der Waals surface area contributed by atoms with Gasteiger partial charge in [-0.25, -0.2) is 4.39 Å². The van der Waals surface area contributed by atoms with E-state index in [1.165, 1.54) is 12.1 Å². The molecule has 0 bridgehead atoms. The lowest BCUT2D eigenvalue weighted by Gasteiger charge is -2.15. The highest BCUT2D eigenvalue weighted by Gasteiger charge is 2.06. The van der Waals surface area contributed by atoms with Gasteiger partial charge in [-0.2, -0.15) is 5.26 Å². The molecule has 0 radical (unpaired) electrons. The maximum atomic E-state index is 12.8. The number of halogens is 1. The molecule has 0 aliphatic rings. The molecule has 0 saturated heterocycles. The summed E-state index contributed by atoms with van der Waals surface area (Å²) in [6, 6.07) is 6.10. The summed E-state index contributed by atoms with van der Waals surface area (Å²) in [5, 5.41) is 11.9. The summed E-state index contributed by atoms with van der Waals surface area (Å²) in [6.07, 6.45) is 0. The first kappa shape index (κ1) is 11.5. The third kappa shape index (κ3) is 3.22. The van der Waals surface area contributed by atoms with Crippen molar-refractivity contribution >= 4 is 5.69 Å². The molecule has 0 aliphatic heterocycles. The highest BCUT2D eigenvalue weighted by Crippen LogP contribution is 2.16. The van der Waals surface area contributed by atoms with E-state index < -0.39 is 5.82 Å². The molecule has 1 atom stereocenters. The van der Waals surface area contributed by atoms with Crippen LogP contribution in [-0.4, -0.2) is 19.8 Å². The third-order valence-electron chi connectivity index (χ3n) is 1.92. The van der Waals surface area contributed by atoms with Gasteiger partial charge in [0.25, 0.3) is 0 Å². The van der Waals surface area contributed by atoms with Crippen LogP contribution in [0.5, 0.6) is 0 Å². The first-order valence-corrected chi connectivity index (χ1v) is 4.62. The fourth-order valence-electron chi connectivity index (χ4n) is 1.29. The molecule has 0 saturated carbocycles. The molecule has 1 N–H and O–H groups in total. The second-order valence-electron chi connectivity index (χ2n) is 3.30. The molecule has 0 unspecified atom stereocenters. The molecular formula is C11H13FN2O. The minimum absolute atomic E-state index is 0.0764. The SMILES string of the molecule is COC[C@H](C)Nc1ccc(F)cc1C#N.